The van der Waals surface area contributed by atoms with Crippen molar-refractivity contribution in [1.29, 1.82) is 0 Å². The van der Waals surface area contributed by atoms with Gasteiger partial charge in [-0.3, -0.25) is 9.59 Å². The van der Waals surface area contributed by atoms with Crippen LogP contribution in [0.25, 0.3) is 5.69 Å². The number of nitrogens with zero attached hydrogens (tertiary/aromatic N) is 7. The Morgan fingerprint density at radius 2 is 1.85 bits per heavy atom. The average molecular weight is 594 g/mol. The molecule has 4 aromatic rings. The van der Waals surface area contributed by atoms with Gasteiger partial charge in [-0.2, -0.15) is 10.2 Å². The number of carboxylic acid groups (broad SMARTS) is 1. The minimum absolute atomic E-state index is 0.0464. The first-order valence-corrected chi connectivity index (χ1v) is 13.7. The maximum absolute atomic E-state index is 14.0. The van der Waals surface area contributed by atoms with Crippen molar-refractivity contribution in [3.8, 4) is 5.69 Å². The van der Waals surface area contributed by atoms with Crippen molar-refractivity contribution in [2.75, 3.05) is 6.54 Å². The van der Waals surface area contributed by atoms with Gasteiger partial charge in [-0.05, 0) is 49.7 Å². The molecule has 0 saturated carbocycles. The van der Waals surface area contributed by atoms with Crippen LogP contribution in [0, 0.1) is 0 Å². The molecular formula is C28H25Cl2N7O4. The summed E-state index contributed by atoms with van der Waals surface area (Å²) in [6.07, 6.45) is 3.41. The standard InChI is InChI=1S/C28H25Cl2N7O4/c1-15-9-23-20(11-34(15)26(38)18-5-8-21(29)22(30)10-18)25-27(39)35(12-24(28(40)41)37(25)33-23)16(2)17-3-6-19(7-4-17)36-14-31-13-32-36/h3-8,10,13-16,24H,9,11-12H2,1-2H3,(H,40,41)/t15-,16?,24+/m1/s1. The Balaban J connectivity index is 1.33. The molecule has 11 nitrogen and oxygen atoms in total. The second-order valence-corrected chi connectivity index (χ2v) is 11.1. The molecule has 2 aromatic heterocycles. The molecule has 0 spiro atoms. The van der Waals surface area contributed by atoms with Gasteiger partial charge in [-0.15, -0.1) is 0 Å². The van der Waals surface area contributed by atoms with Crippen LogP contribution in [0.4, 0.5) is 0 Å². The lowest BCUT2D eigenvalue weighted by atomic mass is 9.96. The second kappa shape index (κ2) is 10.3. The third-order valence-electron chi connectivity index (χ3n) is 7.81. The molecule has 0 saturated heterocycles. The lowest BCUT2D eigenvalue weighted by molar-refractivity contribution is -0.142. The van der Waals surface area contributed by atoms with Crippen LogP contribution in [0.1, 0.15) is 63.6 Å². The lowest BCUT2D eigenvalue weighted by Gasteiger charge is -2.37. The molecule has 2 amide bonds. The Morgan fingerprint density at radius 3 is 2.51 bits per heavy atom. The zero-order valence-electron chi connectivity index (χ0n) is 22.1. The minimum atomic E-state index is -1.09. The molecule has 2 aliphatic rings. The smallest absolute Gasteiger partial charge is 0.330 e. The summed E-state index contributed by atoms with van der Waals surface area (Å²) < 4.78 is 2.95. The van der Waals surface area contributed by atoms with E-state index in [4.69, 9.17) is 23.2 Å². The van der Waals surface area contributed by atoms with Crippen LogP contribution in [-0.4, -0.2) is 69.8 Å². The fourth-order valence-corrected chi connectivity index (χ4v) is 5.81. The first-order valence-electron chi connectivity index (χ1n) is 13.0. The van der Waals surface area contributed by atoms with Gasteiger partial charge in [0, 0.05) is 23.6 Å². The summed E-state index contributed by atoms with van der Waals surface area (Å²) in [5, 5.41) is 19.5. The van der Waals surface area contributed by atoms with E-state index in [0.717, 1.165) is 11.3 Å². The molecule has 0 fully saturated rings. The van der Waals surface area contributed by atoms with Crippen molar-refractivity contribution in [3.63, 3.8) is 0 Å². The molecule has 1 N–H and O–H groups in total. The Labute approximate surface area is 244 Å². The maximum Gasteiger partial charge on any atom is 0.330 e. The Kier molecular flexibility index (Phi) is 6.79. The summed E-state index contributed by atoms with van der Waals surface area (Å²) in [7, 11) is 0. The summed E-state index contributed by atoms with van der Waals surface area (Å²) in [5.74, 6) is -1.69. The average Bonchev–Trinajstić information content (AvgIpc) is 3.62. The highest BCUT2D eigenvalue weighted by atomic mass is 35.5. The van der Waals surface area contributed by atoms with Crippen molar-refractivity contribution in [3.05, 3.63) is 93.2 Å². The minimum Gasteiger partial charge on any atom is -0.480 e. The molecule has 4 heterocycles. The topological polar surface area (TPSA) is 126 Å². The molecule has 2 aromatic carbocycles. The molecule has 0 bridgehead atoms. The number of benzene rings is 2. The van der Waals surface area contributed by atoms with Crippen LogP contribution in [0.5, 0.6) is 0 Å². The van der Waals surface area contributed by atoms with Gasteiger partial charge in [0.05, 0.1) is 40.6 Å². The molecule has 41 heavy (non-hydrogen) atoms. The van der Waals surface area contributed by atoms with E-state index < -0.39 is 18.1 Å². The van der Waals surface area contributed by atoms with E-state index in [1.165, 1.54) is 17.1 Å². The number of carbonyl (C=O) groups excluding carboxylic acids is 2. The second-order valence-electron chi connectivity index (χ2n) is 10.3. The number of amides is 2. The van der Waals surface area contributed by atoms with E-state index in [-0.39, 0.29) is 41.7 Å². The molecule has 210 valence electrons. The first kappa shape index (κ1) is 27.0. The molecular weight excluding hydrogens is 569 g/mol. The molecule has 3 atom stereocenters. The summed E-state index contributed by atoms with van der Waals surface area (Å²) in [5.41, 5.74) is 3.39. The Hall–Kier alpha value is -4.22. The fourth-order valence-electron chi connectivity index (χ4n) is 5.51. The first-order chi connectivity index (χ1) is 19.6. The highest BCUT2D eigenvalue weighted by Gasteiger charge is 2.43. The van der Waals surface area contributed by atoms with Gasteiger partial charge in [-0.25, -0.2) is 19.1 Å². The molecule has 13 heteroatoms. The fraction of sp³-hybridized carbons (Fsp3) is 0.286. The van der Waals surface area contributed by atoms with Gasteiger partial charge in [0.25, 0.3) is 11.8 Å². The monoisotopic (exact) mass is 593 g/mol. The Bertz CT molecular complexity index is 1670. The predicted octanol–water partition coefficient (Wildman–Crippen LogP) is 4.20. The van der Waals surface area contributed by atoms with Gasteiger partial charge in [-0.1, -0.05) is 35.3 Å². The molecule has 0 aliphatic carbocycles. The van der Waals surface area contributed by atoms with E-state index in [0.29, 0.717) is 28.3 Å². The van der Waals surface area contributed by atoms with E-state index in [1.807, 2.05) is 38.1 Å². The predicted molar refractivity (Wildman–Crippen MR) is 149 cm³/mol. The van der Waals surface area contributed by atoms with Crippen LogP contribution < -0.4 is 0 Å². The summed E-state index contributed by atoms with van der Waals surface area (Å²) in [6.45, 7) is 3.82. The van der Waals surface area contributed by atoms with Gasteiger partial charge < -0.3 is 14.9 Å². The number of halogens is 2. The number of aromatic nitrogens is 5. The summed E-state index contributed by atoms with van der Waals surface area (Å²) in [4.78, 5) is 47.1. The van der Waals surface area contributed by atoms with Gasteiger partial charge in [0.2, 0.25) is 0 Å². The largest absolute Gasteiger partial charge is 0.480 e. The highest BCUT2D eigenvalue weighted by Crippen LogP contribution is 2.36. The highest BCUT2D eigenvalue weighted by molar-refractivity contribution is 6.42. The van der Waals surface area contributed by atoms with E-state index in [2.05, 4.69) is 15.2 Å². The van der Waals surface area contributed by atoms with Crippen LogP contribution in [0.3, 0.4) is 0 Å². The molecule has 0 radical (unpaired) electrons. The molecule has 2 aliphatic heterocycles. The van der Waals surface area contributed by atoms with Crippen LogP contribution in [0.2, 0.25) is 10.0 Å². The number of carbonyl (C=O) groups is 3. The zero-order chi connectivity index (χ0) is 29.0. The molecule has 1 unspecified atom stereocenters. The van der Waals surface area contributed by atoms with E-state index in [1.54, 1.807) is 32.9 Å². The number of carboxylic acids is 1. The normalized spacial score (nSPS) is 19.1. The summed E-state index contributed by atoms with van der Waals surface area (Å²) in [6, 6.07) is 10.4. The van der Waals surface area contributed by atoms with Crippen molar-refractivity contribution in [1.82, 2.24) is 34.3 Å². The van der Waals surface area contributed by atoms with Crippen LogP contribution >= 0.6 is 23.2 Å². The SMILES string of the molecule is CC(c1ccc(-n2cncn2)cc1)N1C[C@@H](C(=O)O)n2nc3c(c2C1=O)CN(C(=O)c1ccc(Cl)c(Cl)c1)[C@H](C)C3. The number of hydrogen-bond acceptors (Lipinski definition) is 6. The van der Waals surface area contributed by atoms with E-state index in [9.17, 15) is 19.5 Å². The van der Waals surface area contributed by atoms with Crippen LogP contribution in [0.15, 0.2) is 55.1 Å². The third kappa shape index (κ3) is 4.64. The van der Waals surface area contributed by atoms with E-state index >= 15 is 0 Å². The van der Waals surface area contributed by atoms with Crippen molar-refractivity contribution in [2.24, 2.45) is 0 Å². The van der Waals surface area contributed by atoms with Gasteiger partial charge in [0.15, 0.2) is 6.04 Å². The quantitative estimate of drug-likeness (QED) is 0.367. The third-order valence-corrected chi connectivity index (χ3v) is 8.55. The van der Waals surface area contributed by atoms with Crippen LogP contribution in [-0.2, 0) is 17.8 Å². The van der Waals surface area contributed by atoms with Crippen molar-refractivity contribution < 1.29 is 19.5 Å². The number of rotatable bonds is 5. The Morgan fingerprint density at radius 1 is 1.10 bits per heavy atom. The number of aliphatic carboxylic acids is 1. The van der Waals surface area contributed by atoms with Gasteiger partial charge in [0.1, 0.15) is 18.3 Å². The van der Waals surface area contributed by atoms with Gasteiger partial charge >= 0.3 is 5.97 Å². The van der Waals surface area contributed by atoms with Crippen molar-refractivity contribution in [2.45, 2.75) is 44.9 Å². The molecule has 6 rings (SSSR count). The lowest BCUT2D eigenvalue weighted by Crippen LogP contribution is -2.47. The summed E-state index contributed by atoms with van der Waals surface area (Å²) >= 11 is 12.2. The zero-order valence-corrected chi connectivity index (χ0v) is 23.6. The van der Waals surface area contributed by atoms with Crippen molar-refractivity contribution >= 4 is 41.0 Å². The number of hydrogen-bond donors (Lipinski definition) is 1. The maximum atomic E-state index is 14.0. The number of fused-ring (bicyclic) bond motifs is 3.